The second-order valence-corrected chi connectivity index (χ2v) is 4.00. The summed E-state index contributed by atoms with van der Waals surface area (Å²) in [5, 5.41) is 9.46. The van der Waals surface area contributed by atoms with Crippen molar-refractivity contribution in [3.63, 3.8) is 0 Å². The van der Waals surface area contributed by atoms with E-state index in [9.17, 15) is 9.90 Å². The van der Waals surface area contributed by atoms with Crippen LogP contribution in [0.5, 0.6) is 5.75 Å². The van der Waals surface area contributed by atoms with Gasteiger partial charge in [-0.3, -0.25) is 4.79 Å². The highest BCUT2D eigenvalue weighted by molar-refractivity contribution is 14.1. The van der Waals surface area contributed by atoms with E-state index in [4.69, 9.17) is 0 Å². The van der Waals surface area contributed by atoms with Crippen LogP contribution >= 0.6 is 22.6 Å². The summed E-state index contributed by atoms with van der Waals surface area (Å²) < 4.78 is 0.760. The Hall–Kier alpha value is -0.780. The van der Waals surface area contributed by atoms with Gasteiger partial charge in [0.2, 0.25) is 0 Å². The van der Waals surface area contributed by atoms with Crippen molar-refractivity contribution in [1.29, 1.82) is 0 Å². The predicted molar refractivity (Wildman–Crippen MR) is 58.8 cm³/mol. The van der Waals surface area contributed by atoms with Crippen LogP contribution in [0.1, 0.15) is 10.4 Å². The van der Waals surface area contributed by atoms with E-state index < -0.39 is 0 Å². The summed E-state index contributed by atoms with van der Waals surface area (Å²) in [6, 6.07) is 5.01. The Kier molecular flexibility index (Phi) is 3.13. The average molecular weight is 291 g/mol. The molecule has 0 aromatic heterocycles. The zero-order valence-electron chi connectivity index (χ0n) is 7.41. The summed E-state index contributed by atoms with van der Waals surface area (Å²) in [6.45, 7) is 0. The third kappa shape index (κ3) is 2.12. The molecule has 0 saturated carbocycles. The molecule has 1 amide bonds. The molecule has 3 nitrogen and oxygen atoms in total. The average Bonchev–Trinajstić information content (AvgIpc) is 2.03. The van der Waals surface area contributed by atoms with Crippen molar-refractivity contribution < 1.29 is 9.90 Å². The molecule has 4 heteroatoms. The van der Waals surface area contributed by atoms with Gasteiger partial charge in [-0.15, -0.1) is 0 Å². The van der Waals surface area contributed by atoms with E-state index in [0.29, 0.717) is 5.56 Å². The number of phenols is 1. The van der Waals surface area contributed by atoms with Gasteiger partial charge in [-0.05, 0) is 34.7 Å². The molecule has 0 saturated heterocycles. The highest BCUT2D eigenvalue weighted by Gasteiger charge is 2.15. The molecule has 1 aromatic carbocycles. The number of nitrogens with zero attached hydrogens (tertiary/aromatic N) is 1. The quantitative estimate of drug-likeness (QED) is 0.800. The van der Waals surface area contributed by atoms with Gasteiger partial charge < -0.3 is 10.0 Å². The third-order valence-electron chi connectivity index (χ3n) is 1.61. The Bertz CT molecular complexity index is 316. The second kappa shape index (κ2) is 3.95. The first kappa shape index (κ1) is 10.3. The number of hydrogen-bond acceptors (Lipinski definition) is 2. The minimum Gasteiger partial charge on any atom is -0.507 e. The highest BCUT2D eigenvalue weighted by atomic mass is 127. The fourth-order valence-corrected chi connectivity index (χ4v) is 1.66. The van der Waals surface area contributed by atoms with Crippen LogP contribution in [0, 0.1) is 3.57 Å². The van der Waals surface area contributed by atoms with Gasteiger partial charge in [0.1, 0.15) is 5.75 Å². The monoisotopic (exact) mass is 291 g/mol. The molecule has 1 rings (SSSR count). The molecule has 0 bridgehead atoms. The van der Waals surface area contributed by atoms with Crippen molar-refractivity contribution in [2.24, 2.45) is 0 Å². The van der Waals surface area contributed by atoms with Crippen LogP contribution < -0.4 is 0 Å². The van der Waals surface area contributed by atoms with Crippen molar-refractivity contribution in [2.45, 2.75) is 0 Å². The van der Waals surface area contributed by atoms with Gasteiger partial charge in [0.15, 0.2) is 0 Å². The van der Waals surface area contributed by atoms with Crippen molar-refractivity contribution in [3.05, 3.63) is 27.3 Å². The molecule has 13 heavy (non-hydrogen) atoms. The normalized spacial score (nSPS) is 9.77. The number of rotatable bonds is 1. The summed E-state index contributed by atoms with van der Waals surface area (Å²) >= 11 is 2.03. The maximum absolute atomic E-state index is 11.5. The first-order valence-electron chi connectivity index (χ1n) is 3.73. The Morgan fingerprint density at radius 1 is 1.46 bits per heavy atom. The van der Waals surface area contributed by atoms with Gasteiger partial charge in [-0.1, -0.05) is 6.07 Å². The summed E-state index contributed by atoms with van der Waals surface area (Å²) in [5.74, 6) is -0.145. The van der Waals surface area contributed by atoms with Gasteiger partial charge in [0, 0.05) is 17.7 Å². The standard InChI is InChI=1S/C9H10INO2/c1-11(2)9(13)8-6(10)4-3-5-7(8)12/h3-5,12H,1-2H3. The van der Waals surface area contributed by atoms with E-state index in [1.165, 1.54) is 11.0 Å². The van der Waals surface area contributed by atoms with Crippen molar-refractivity contribution in [1.82, 2.24) is 4.90 Å². The number of hydrogen-bond donors (Lipinski definition) is 1. The SMILES string of the molecule is CN(C)C(=O)c1c(O)cccc1I. The van der Waals surface area contributed by atoms with Crippen molar-refractivity contribution in [2.75, 3.05) is 14.1 Å². The van der Waals surface area contributed by atoms with Crippen LogP contribution in [0.4, 0.5) is 0 Å². The molecule has 0 spiro atoms. The summed E-state index contributed by atoms with van der Waals surface area (Å²) in [7, 11) is 3.32. The zero-order valence-corrected chi connectivity index (χ0v) is 9.57. The number of benzene rings is 1. The molecule has 1 N–H and O–H groups in total. The van der Waals surface area contributed by atoms with E-state index in [-0.39, 0.29) is 11.7 Å². The van der Waals surface area contributed by atoms with Crippen LogP contribution in [-0.4, -0.2) is 30.0 Å². The Labute approximate surface area is 90.5 Å². The molecular weight excluding hydrogens is 281 g/mol. The molecule has 0 heterocycles. The number of carbonyl (C=O) groups excluding carboxylic acids is 1. The second-order valence-electron chi connectivity index (χ2n) is 2.83. The van der Waals surface area contributed by atoms with Gasteiger partial charge >= 0.3 is 0 Å². The van der Waals surface area contributed by atoms with E-state index in [1.807, 2.05) is 22.6 Å². The molecular formula is C9H10INO2. The summed E-state index contributed by atoms with van der Waals surface area (Å²) in [6.07, 6.45) is 0. The minimum atomic E-state index is -0.178. The zero-order chi connectivity index (χ0) is 10.0. The van der Waals surface area contributed by atoms with E-state index in [2.05, 4.69) is 0 Å². The number of halogens is 1. The van der Waals surface area contributed by atoms with E-state index in [0.717, 1.165) is 3.57 Å². The smallest absolute Gasteiger partial charge is 0.258 e. The maximum atomic E-state index is 11.5. The van der Waals surface area contributed by atoms with Crippen LogP contribution in [-0.2, 0) is 0 Å². The molecule has 0 fully saturated rings. The van der Waals surface area contributed by atoms with Crippen molar-refractivity contribution in [3.8, 4) is 5.75 Å². The van der Waals surface area contributed by atoms with Crippen LogP contribution in [0.3, 0.4) is 0 Å². The highest BCUT2D eigenvalue weighted by Crippen LogP contribution is 2.23. The molecule has 0 aliphatic rings. The van der Waals surface area contributed by atoms with E-state index >= 15 is 0 Å². The number of amides is 1. The molecule has 0 atom stereocenters. The van der Waals surface area contributed by atoms with Gasteiger partial charge in [0.05, 0.1) is 5.56 Å². The lowest BCUT2D eigenvalue weighted by molar-refractivity contribution is 0.0823. The van der Waals surface area contributed by atoms with Gasteiger partial charge in [-0.2, -0.15) is 0 Å². The molecule has 0 aliphatic heterocycles. The topological polar surface area (TPSA) is 40.5 Å². The fraction of sp³-hybridized carbons (Fsp3) is 0.222. The number of phenolic OH excluding ortho intramolecular Hbond substituents is 1. The minimum absolute atomic E-state index is 0.0330. The van der Waals surface area contributed by atoms with Crippen LogP contribution in [0.15, 0.2) is 18.2 Å². The Morgan fingerprint density at radius 2 is 2.08 bits per heavy atom. The van der Waals surface area contributed by atoms with Crippen LogP contribution in [0.25, 0.3) is 0 Å². The first-order chi connectivity index (χ1) is 6.04. The van der Waals surface area contributed by atoms with Crippen LogP contribution in [0.2, 0.25) is 0 Å². The fourth-order valence-electron chi connectivity index (χ4n) is 0.948. The Morgan fingerprint density at radius 3 is 2.54 bits per heavy atom. The number of aromatic hydroxyl groups is 1. The Balaban J connectivity index is 3.20. The van der Waals surface area contributed by atoms with E-state index in [1.54, 1.807) is 26.2 Å². The molecule has 0 unspecified atom stereocenters. The van der Waals surface area contributed by atoms with Gasteiger partial charge in [-0.25, -0.2) is 0 Å². The van der Waals surface area contributed by atoms with Crippen molar-refractivity contribution >= 4 is 28.5 Å². The lowest BCUT2D eigenvalue weighted by Crippen LogP contribution is -2.22. The predicted octanol–water partition coefficient (Wildman–Crippen LogP) is 1.70. The molecule has 0 aliphatic carbocycles. The lowest BCUT2D eigenvalue weighted by atomic mass is 10.2. The third-order valence-corrected chi connectivity index (χ3v) is 2.51. The summed E-state index contributed by atoms with van der Waals surface area (Å²) in [5.41, 5.74) is 0.369. The molecule has 0 radical (unpaired) electrons. The number of carbonyl (C=O) groups is 1. The first-order valence-corrected chi connectivity index (χ1v) is 4.81. The summed E-state index contributed by atoms with van der Waals surface area (Å²) in [4.78, 5) is 13.0. The largest absolute Gasteiger partial charge is 0.507 e. The lowest BCUT2D eigenvalue weighted by Gasteiger charge is -2.12. The maximum Gasteiger partial charge on any atom is 0.258 e. The molecule has 70 valence electrons. The van der Waals surface area contributed by atoms with Gasteiger partial charge in [0.25, 0.3) is 5.91 Å². The molecule has 1 aromatic rings.